The van der Waals surface area contributed by atoms with E-state index in [-0.39, 0.29) is 0 Å². The number of pyridine rings is 1. The first-order chi connectivity index (χ1) is 8.43. The Morgan fingerprint density at radius 1 is 0.824 bits per heavy atom. The number of halogens is 1. The summed E-state index contributed by atoms with van der Waals surface area (Å²) in [5.74, 6) is 0. The lowest BCUT2D eigenvalue weighted by Gasteiger charge is -2.02. The van der Waals surface area contributed by atoms with Crippen molar-refractivity contribution in [2.75, 3.05) is 5.33 Å². The summed E-state index contributed by atoms with van der Waals surface area (Å²) >= 11 is 3.47. The average Bonchev–Trinajstić information content (AvgIpc) is 2.38. The van der Waals surface area contributed by atoms with Crippen molar-refractivity contribution >= 4 is 15.9 Å². The highest BCUT2D eigenvalue weighted by atomic mass is 79.9. The van der Waals surface area contributed by atoms with Crippen molar-refractivity contribution in [3.8, 4) is 0 Å². The smallest absolute Gasteiger partial charge is 0.0403 e. The van der Waals surface area contributed by atoms with Crippen molar-refractivity contribution in [2.24, 2.45) is 0 Å². The zero-order valence-electron chi connectivity index (χ0n) is 10.7. The molecule has 0 radical (unpaired) electrons. The van der Waals surface area contributed by atoms with E-state index >= 15 is 0 Å². The molecule has 0 aliphatic heterocycles. The van der Waals surface area contributed by atoms with Crippen LogP contribution in [0.5, 0.6) is 0 Å². The van der Waals surface area contributed by atoms with Crippen LogP contribution in [0.3, 0.4) is 0 Å². The van der Waals surface area contributed by atoms with Crippen LogP contribution >= 0.6 is 15.9 Å². The van der Waals surface area contributed by atoms with Crippen molar-refractivity contribution in [1.29, 1.82) is 0 Å². The molecule has 0 bridgehead atoms. The maximum absolute atomic E-state index is 4.34. The minimum Gasteiger partial charge on any atom is -0.261 e. The molecule has 96 valence electrons. The Balaban J connectivity index is 1.85. The third-order valence-electron chi connectivity index (χ3n) is 3.04. The zero-order chi connectivity index (χ0) is 12.2. The van der Waals surface area contributed by atoms with Crippen LogP contribution in [0.15, 0.2) is 24.4 Å². The van der Waals surface area contributed by atoms with Crippen LogP contribution < -0.4 is 0 Å². The molecule has 0 amide bonds. The molecule has 1 nitrogen and oxygen atoms in total. The van der Waals surface area contributed by atoms with Gasteiger partial charge in [0.2, 0.25) is 0 Å². The van der Waals surface area contributed by atoms with E-state index in [1.807, 2.05) is 12.3 Å². The van der Waals surface area contributed by atoms with Gasteiger partial charge in [0.25, 0.3) is 0 Å². The number of aromatic nitrogens is 1. The molecule has 0 aliphatic rings. The average molecular weight is 298 g/mol. The van der Waals surface area contributed by atoms with E-state index in [0.29, 0.717) is 0 Å². The van der Waals surface area contributed by atoms with E-state index in [2.05, 4.69) is 33.0 Å². The van der Waals surface area contributed by atoms with Gasteiger partial charge in [0, 0.05) is 17.2 Å². The van der Waals surface area contributed by atoms with Gasteiger partial charge in [0.05, 0.1) is 0 Å². The first-order valence-corrected chi connectivity index (χ1v) is 8.01. The normalized spacial score (nSPS) is 10.6. The van der Waals surface area contributed by atoms with Gasteiger partial charge in [-0.3, -0.25) is 4.98 Å². The van der Waals surface area contributed by atoms with Gasteiger partial charge in [0.15, 0.2) is 0 Å². The third-order valence-corrected chi connectivity index (χ3v) is 3.60. The highest BCUT2D eigenvalue weighted by molar-refractivity contribution is 9.09. The molecule has 1 aromatic heterocycles. The maximum atomic E-state index is 4.34. The molecule has 1 rings (SSSR count). The van der Waals surface area contributed by atoms with Crippen LogP contribution in [0, 0.1) is 0 Å². The third kappa shape index (κ3) is 8.37. The van der Waals surface area contributed by atoms with Gasteiger partial charge in [-0.05, 0) is 31.4 Å². The van der Waals surface area contributed by atoms with Crippen molar-refractivity contribution in [1.82, 2.24) is 4.98 Å². The zero-order valence-corrected chi connectivity index (χ0v) is 12.3. The lowest BCUT2D eigenvalue weighted by atomic mass is 10.1. The summed E-state index contributed by atoms with van der Waals surface area (Å²) in [5, 5.41) is 1.16. The molecule has 1 aromatic rings. The molecule has 0 N–H and O–H groups in total. The fourth-order valence-electron chi connectivity index (χ4n) is 2.01. The molecule has 0 fully saturated rings. The lowest BCUT2D eigenvalue weighted by Crippen LogP contribution is -1.89. The van der Waals surface area contributed by atoms with Gasteiger partial charge >= 0.3 is 0 Å². The summed E-state index contributed by atoms with van der Waals surface area (Å²) in [7, 11) is 0. The maximum Gasteiger partial charge on any atom is 0.0403 e. The molecule has 17 heavy (non-hydrogen) atoms. The predicted molar refractivity (Wildman–Crippen MR) is 78.7 cm³/mol. The summed E-state index contributed by atoms with van der Waals surface area (Å²) in [6, 6.07) is 6.18. The standard InChI is InChI=1S/C15H24BrN/c16-13-9-6-4-2-1-3-5-7-11-15-12-8-10-14-17-15/h8,10,12,14H,1-7,9,11,13H2. The molecule has 0 spiro atoms. The van der Waals surface area contributed by atoms with Crippen LogP contribution in [0.2, 0.25) is 0 Å². The predicted octanol–water partition coefficient (Wildman–Crippen LogP) is 5.14. The van der Waals surface area contributed by atoms with Crippen LogP contribution in [-0.4, -0.2) is 10.3 Å². The van der Waals surface area contributed by atoms with Gasteiger partial charge in [-0.2, -0.15) is 0 Å². The quantitative estimate of drug-likeness (QED) is 0.430. The first kappa shape index (κ1) is 14.7. The first-order valence-electron chi connectivity index (χ1n) is 6.89. The monoisotopic (exact) mass is 297 g/mol. The van der Waals surface area contributed by atoms with Crippen LogP contribution in [0.1, 0.15) is 57.1 Å². The Morgan fingerprint density at radius 3 is 2.06 bits per heavy atom. The highest BCUT2D eigenvalue weighted by Gasteiger charge is 1.94. The van der Waals surface area contributed by atoms with E-state index in [9.17, 15) is 0 Å². The molecular weight excluding hydrogens is 274 g/mol. The van der Waals surface area contributed by atoms with Crippen molar-refractivity contribution in [3.05, 3.63) is 30.1 Å². The van der Waals surface area contributed by atoms with Crippen molar-refractivity contribution in [2.45, 2.75) is 57.8 Å². The second-order valence-electron chi connectivity index (χ2n) is 4.59. The second kappa shape index (κ2) is 10.8. The Labute approximate surface area is 114 Å². The number of rotatable bonds is 10. The van der Waals surface area contributed by atoms with Gasteiger partial charge < -0.3 is 0 Å². The molecule has 2 heteroatoms. The van der Waals surface area contributed by atoms with Gasteiger partial charge in [-0.1, -0.05) is 60.5 Å². The summed E-state index contributed by atoms with van der Waals surface area (Å²) in [5.41, 5.74) is 1.24. The molecule has 0 saturated heterocycles. The fourth-order valence-corrected chi connectivity index (χ4v) is 2.40. The SMILES string of the molecule is BrCCCCCCCCCCc1ccccn1. The number of aryl methyl sites for hydroxylation is 1. The Hall–Kier alpha value is -0.370. The topological polar surface area (TPSA) is 12.9 Å². The minimum atomic E-state index is 1.14. The Bertz CT molecular complexity index is 261. The fraction of sp³-hybridized carbons (Fsp3) is 0.667. The number of nitrogens with zero attached hydrogens (tertiary/aromatic N) is 1. The molecule has 1 heterocycles. The van der Waals surface area contributed by atoms with Gasteiger partial charge in [0.1, 0.15) is 0 Å². The molecule has 0 saturated carbocycles. The minimum absolute atomic E-state index is 1.14. The molecule has 0 unspecified atom stereocenters. The van der Waals surface area contributed by atoms with Gasteiger partial charge in [-0.15, -0.1) is 0 Å². The Kier molecular flexibility index (Phi) is 9.30. The summed E-state index contributed by atoms with van der Waals surface area (Å²) < 4.78 is 0. The highest BCUT2D eigenvalue weighted by Crippen LogP contribution is 2.10. The number of hydrogen-bond acceptors (Lipinski definition) is 1. The number of alkyl halides is 1. The van der Waals surface area contributed by atoms with Gasteiger partial charge in [-0.25, -0.2) is 0 Å². The van der Waals surface area contributed by atoms with Crippen LogP contribution in [0.4, 0.5) is 0 Å². The van der Waals surface area contributed by atoms with E-state index in [1.54, 1.807) is 0 Å². The molecule has 0 aliphatic carbocycles. The van der Waals surface area contributed by atoms with Crippen LogP contribution in [-0.2, 0) is 6.42 Å². The van der Waals surface area contributed by atoms with E-state index in [4.69, 9.17) is 0 Å². The van der Waals surface area contributed by atoms with Crippen molar-refractivity contribution < 1.29 is 0 Å². The number of hydrogen-bond donors (Lipinski definition) is 0. The lowest BCUT2D eigenvalue weighted by molar-refractivity contribution is 0.575. The molecule has 0 aromatic carbocycles. The number of unbranched alkanes of at least 4 members (excludes halogenated alkanes) is 7. The summed E-state index contributed by atoms with van der Waals surface area (Å²) in [6.07, 6.45) is 14.0. The Morgan fingerprint density at radius 2 is 1.47 bits per heavy atom. The van der Waals surface area contributed by atoms with Crippen molar-refractivity contribution in [3.63, 3.8) is 0 Å². The second-order valence-corrected chi connectivity index (χ2v) is 5.38. The summed E-state index contributed by atoms with van der Waals surface area (Å²) in [6.45, 7) is 0. The molecule has 0 atom stereocenters. The van der Waals surface area contributed by atoms with Crippen LogP contribution in [0.25, 0.3) is 0 Å². The van der Waals surface area contributed by atoms with E-state index in [1.165, 1.54) is 57.1 Å². The molecular formula is C15H24BrN. The largest absolute Gasteiger partial charge is 0.261 e. The van der Waals surface area contributed by atoms with E-state index < -0.39 is 0 Å². The summed E-state index contributed by atoms with van der Waals surface area (Å²) in [4.78, 5) is 4.34. The van der Waals surface area contributed by atoms with E-state index in [0.717, 1.165) is 11.8 Å².